The van der Waals surface area contributed by atoms with Crippen LogP contribution in [0, 0.1) is 17.6 Å². The number of carbonyl (C=O) groups is 1. The number of amides is 1. The molecule has 2 unspecified atom stereocenters. The normalized spacial score (nSPS) is 19.7. The van der Waals surface area contributed by atoms with Crippen molar-refractivity contribution in [3.8, 4) is 17.2 Å². The summed E-state index contributed by atoms with van der Waals surface area (Å²) in [6, 6.07) is 15.3. The number of carbonyl (C=O) groups excluding carboxylic acids is 1. The number of hydrogen-bond donors (Lipinski definition) is 0. The number of benzene rings is 3. The van der Waals surface area contributed by atoms with Crippen LogP contribution in [0.1, 0.15) is 46.8 Å². The van der Waals surface area contributed by atoms with Crippen molar-refractivity contribution in [2.45, 2.75) is 25.3 Å². The minimum absolute atomic E-state index is 0.0769. The fraction of sp³-hybridized carbons (Fsp3) is 0.267. The van der Waals surface area contributed by atoms with E-state index in [1.54, 1.807) is 36.4 Å². The van der Waals surface area contributed by atoms with Crippen LogP contribution in [-0.4, -0.2) is 38.0 Å². The highest BCUT2D eigenvalue weighted by atomic mass is 19.1. The third kappa shape index (κ3) is 4.74. The summed E-state index contributed by atoms with van der Waals surface area (Å²) in [5, 5.41) is 6.35. The summed E-state index contributed by atoms with van der Waals surface area (Å²) in [6.45, 7) is 0. The predicted octanol–water partition coefficient (Wildman–Crippen LogP) is 6.43. The molecule has 6 nitrogen and oxygen atoms in total. The molecule has 1 aliphatic carbocycles. The molecule has 1 heterocycles. The van der Waals surface area contributed by atoms with Gasteiger partial charge in [0.2, 0.25) is 5.75 Å². The number of nitrogens with zero attached hydrogens (tertiary/aromatic N) is 2. The summed E-state index contributed by atoms with van der Waals surface area (Å²) in [7, 11) is 4.48. The van der Waals surface area contributed by atoms with E-state index in [2.05, 4.69) is 0 Å². The number of hydrazone groups is 1. The van der Waals surface area contributed by atoms with E-state index in [4.69, 9.17) is 19.3 Å². The van der Waals surface area contributed by atoms with Crippen molar-refractivity contribution >= 4 is 17.7 Å². The van der Waals surface area contributed by atoms with Crippen LogP contribution < -0.4 is 14.2 Å². The Balaban J connectivity index is 1.60. The molecule has 1 amide bonds. The molecule has 3 aromatic rings. The SMILES string of the molecule is COc1cc(C(=O)N2N=C3/C(=C/c4ccc(F)cc4)CCCC3C2c2ccc(F)cc2)cc(OC)c1OC. The van der Waals surface area contributed by atoms with Gasteiger partial charge in [0.05, 0.1) is 33.1 Å². The molecule has 38 heavy (non-hydrogen) atoms. The molecule has 3 aromatic carbocycles. The minimum atomic E-state index is -0.422. The van der Waals surface area contributed by atoms with Crippen molar-refractivity contribution < 1.29 is 27.8 Å². The van der Waals surface area contributed by atoms with E-state index >= 15 is 0 Å². The molecular weight excluding hydrogens is 490 g/mol. The zero-order valence-electron chi connectivity index (χ0n) is 21.4. The molecule has 0 N–H and O–H groups in total. The average molecular weight is 519 g/mol. The van der Waals surface area contributed by atoms with Crippen molar-refractivity contribution in [3.05, 3.63) is 94.6 Å². The summed E-state index contributed by atoms with van der Waals surface area (Å²) in [4.78, 5) is 14.0. The fourth-order valence-electron chi connectivity index (χ4n) is 5.26. The van der Waals surface area contributed by atoms with Crippen molar-refractivity contribution in [1.82, 2.24) is 5.01 Å². The molecule has 196 valence electrons. The summed E-state index contributed by atoms with van der Waals surface area (Å²) in [5.74, 6) is 0.0201. The number of ether oxygens (including phenoxy) is 3. The van der Waals surface area contributed by atoms with Gasteiger partial charge in [-0.2, -0.15) is 5.10 Å². The van der Waals surface area contributed by atoms with Gasteiger partial charge in [0.15, 0.2) is 11.5 Å². The highest BCUT2D eigenvalue weighted by Gasteiger charge is 2.44. The molecule has 0 bridgehead atoms. The van der Waals surface area contributed by atoms with Gasteiger partial charge >= 0.3 is 0 Å². The summed E-state index contributed by atoms with van der Waals surface area (Å²) >= 11 is 0. The van der Waals surface area contributed by atoms with Crippen LogP contribution in [0.4, 0.5) is 8.78 Å². The van der Waals surface area contributed by atoms with Gasteiger partial charge in [0, 0.05) is 11.5 Å². The van der Waals surface area contributed by atoms with Crippen LogP contribution in [-0.2, 0) is 0 Å². The monoisotopic (exact) mass is 518 g/mol. The Kier molecular flexibility index (Phi) is 7.13. The third-order valence-electron chi connectivity index (χ3n) is 7.04. The Morgan fingerprint density at radius 1 is 0.921 bits per heavy atom. The molecule has 0 radical (unpaired) electrons. The quantitative estimate of drug-likeness (QED) is 0.378. The zero-order chi connectivity index (χ0) is 26.8. The first-order valence-electron chi connectivity index (χ1n) is 12.4. The Morgan fingerprint density at radius 2 is 1.53 bits per heavy atom. The highest BCUT2D eigenvalue weighted by Crippen LogP contribution is 2.46. The van der Waals surface area contributed by atoms with Gasteiger partial charge in [0.25, 0.3) is 5.91 Å². The van der Waals surface area contributed by atoms with E-state index in [1.807, 2.05) is 6.08 Å². The van der Waals surface area contributed by atoms with E-state index in [0.717, 1.165) is 41.7 Å². The Hall–Kier alpha value is -4.20. The molecule has 1 fully saturated rings. The lowest BCUT2D eigenvalue weighted by atomic mass is 9.77. The van der Waals surface area contributed by atoms with Gasteiger partial charge in [-0.15, -0.1) is 0 Å². The van der Waals surface area contributed by atoms with Crippen molar-refractivity contribution in [2.24, 2.45) is 11.0 Å². The number of halogens is 2. The second-order valence-corrected chi connectivity index (χ2v) is 9.27. The van der Waals surface area contributed by atoms with Gasteiger partial charge in [-0.05, 0) is 78.4 Å². The van der Waals surface area contributed by atoms with Gasteiger partial charge in [-0.3, -0.25) is 4.79 Å². The lowest BCUT2D eigenvalue weighted by molar-refractivity contribution is 0.0680. The second kappa shape index (κ2) is 10.7. The number of methoxy groups -OCH3 is 3. The van der Waals surface area contributed by atoms with Crippen LogP contribution in [0.25, 0.3) is 6.08 Å². The predicted molar refractivity (Wildman–Crippen MR) is 141 cm³/mol. The van der Waals surface area contributed by atoms with Crippen LogP contribution >= 0.6 is 0 Å². The molecule has 5 rings (SSSR count). The molecular formula is C30H28F2N2O4. The molecule has 0 saturated heterocycles. The summed E-state index contributed by atoms with van der Waals surface area (Å²) in [5.41, 5.74) is 3.78. The summed E-state index contributed by atoms with van der Waals surface area (Å²) < 4.78 is 43.6. The number of hydrogen-bond acceptors (Lipinski definition) is 5. The first-order valence-corrected chi connectivity index (χ1v) is 12.4. The van der Waals surface area contributed by atoms with Crippen LogP contribution in [0.2, 0.25) is 0 Å². The average Bonchev–Trinajstić information content (AvgIpc) is 3.34. The fourth-order valence-corrected chi connectivity index (χ4v) is 5.26. The largest absolute Gasteiger partial charge is 0.493 e. The van der Waals surface area contributed by atoms with E-state index < -0.39 is 6.04 Å². The second-order valence-electron chi connectivity index (χ2n) is 9.27. The van der Waals surface area contributed by atoms with Crippen molar-refractivity contribution in [2.75, 3.05) is 21.3 Å². The van der Waals surface area contributed by atoms with E-state index in [0.29, 0.717) is 22.8 Å². The number of allylic oxidation sites excluding steroid dienone is 1. The first-order chi connectivity index (χ1) is 18.4. The molecule has 1 saturated carbocycles. The molecule has 2 atom stereocenters. The standard InChI is InChI=1S/C30H28F2N2O4/c1-36-25-16-21(17-26(37-2)29(25)38-3)30(35)34-28(19-9-13-23(32)14-10-19)24-6-4-5-20(27(24)33-34)15-18-7-11-22(31)12-8-18/h7-17,24,28H,4-6H2,1-3H3/b20-15+. The Bertz CT molecular complexity index is 1380. The lowest BCUT2D eigenvalue weighted by Gasteiger charge is -2.30. The topological polar surface area (TPSA) is 60.4 Å². The smallest absolute Gasteiger partial charge is 0.274 e. The summed E-state index contributed by atoms with van der Waals surface area (Å²) in [6.07, 6.45) is 4.51. The molecule has 2 aliphatic rings. The van der Waals surface area contributed by atoms with Gasteiger partial charge in [-0.1, -0.05) is 24.3 Å². The van der Waals surface area contributed by atoms with Gasteiger partial charge in [0.1, 0.15) is 11.6 Å². The Labute approximate surface area is 220 Å². The lowest BCUT2D eigenvalue weighted by Crippen LogP contribution is -2.32. The molecule has 0 spiro atoms. The molecule has 8 heteroatoms. The maximum atomic E-state index is 14.0. The van der Waals surface area contributed by atoms with Crippen molar-refractivity contribution in [1.29, 1.82) is 0 Å². The first kappa shape index (κ1) is 25.4. The minimum Gasteiger partial charge on any atom is -0.493 e. The van der Waals surface area contributed by atoms with E-state index in [9.17, 15) is 13.6 Å². The highest BCUT2D eigenvalue weighted by molar-refractivity contribution is 6.09. The number of fused-ring (bicyclic) bond motifs is 1. The third-order valence-corrected chi connectivity index (χ3v) is 7.04. The zero-order valence-corrected chi connectivity index (χ0v) is 21.4. The number of rotatable bonds is 6. The maximum absolute atomic E-state index is 14.0. The van der Waals surface area contributed by atoms with E-state index in [1.165, 1.54) is 50.6 Å². The Morgan fingerprint density at radius 3 is 2.11 bits per heavy atom. The molecule has 0 aromatic heterocycles. The maximum Gasteiger partial charge on any atom is 0.274 e. The van der Waals surface area contributed by atoms with E-state index in [-0.39, 0.29) is 23.5 Å². The van der Waals surface area contributed by atoms with Crippen LogP contribution in [0.15, 0.2) is 71.3 Å². The molecule has 1 aliphatic heterocycles. The van der Waals surface area contributed by atoms with Crippen LogP contribution in [0.3, 0.4) is 0 Å². The van der Waals surface area contributed by atoms with Crippen LogP contribution in [0.5, 0.6) is 17.2 Å². The van der Waals surface area contributed by atoms with Gasteiger partial charge < -0.3 is 14.2 Å². The van der Waals surface area contributed by atoms with Crippen molar-refractivity contribution in [3.63, 3.8) is 0 Å². The van der Waals surface area contributed by atoms with Gasteiger partial charge in [-0.25, -0.2) is 13.8 Å².